The van der Waals surface area contributed by atoms with Crippen LogP contribution in [0.2, 0.25) is 0 Å². The molecule has 19 heavy (non-hydrogen) atoms. The molecule has 4 heteroatoms. The molecule has 1 fully saturated rings. The van der Waals surface area contributed by atoms with Gasteiger partial charge in [-0.2, -0.15) is 0 Å². The van der Waals surface area contributed by atoms with Gasteiger partial charge < -0.3 is 15.5 Å². The standard InChI is InChI=1S/C15H21N3O/c19-15-7-10-18(11-12-5-8-16-9-6-12)14-4-2-1-3-13(14)17-15/h1-4,12,16H,5-11H2,(H,17,19). The number of benzene rings is 1. The molecule has 2 aliphatic rings. The summed E-state index contributed by atoms with van der Waals surface area (Å²) in [5.41, 5.74) is 2.13. The number of para-hydroxylation sites is 2. The first-order chi connectivity index (χ1) is 9.33. The molecule has 0 saturated carbocycles. The van der Waals surface area contributed by atoms with Crippen LogP contribution >= 0.6 is 0 Å². The number of amides is 1. The van der Waals surface area contributed by atoms with E-state index >= 15 is 0 Å². The van der Waals surface area contributed by atoms with Gasteiger partial charge in [0.05, 0.1) is 11.4 Å². The molecule has 2 aliphatic heterocycles. The van der Waals surface area contributed by atoms with E-state index in [-0.39, 0.29) is 5.91 Å². The number of carbonyl (C=O) groups excluding carboxylic acids is 1. The van der Waals surface area contributed by atoms with Crippen molar-refractivity contribution in [2.24, 2.45) is 5.92 Å². The second-order valence-electron chi connectivity index (χ2n) is 5.45. The summed E-state index contributed by atoms with van der Waals surface area (Å²) in [7, 11) is 0. The summed E-state index contributed by atoms with van der Waals surface area (Å²) in [5.74, 6) is 0.864. The third kappa shape index (κ3) is 2.89. The number of fused-ring (bicyclic) bond motifs is 1. The van der Waals surface area contributed by atoms with Crippen LogP contribution in [0.15, 0.2) is 24.3 Å². The number of nitrogens with zero attached hydrogens (tertiary/aromatic N) is 1. The second kappa shape index (κ2) is 5.61. The molecule has 3 rings (SSSR count). The lowest BCUT2D eigenvalue weighted by atomic mass is 9.97. The number of hydrogen-bond acceptors (Lipinski definition) is 3. The average molecular weight is 259 g/mol. The maximum absolute atomic E-state index is 11.7. The minimum absolute atomic E-state index is 0.125. The topological polar surface area (TPSA) is 44.4 Å². The molecule has 1 aromatic rings. The van der Waals surface area contributed by atoms with Crippen molar-refractivity contribution in [3.05, 3.63) is 24.3 Å². The van der Waals surface area contributed by atoms with Gasteiger partial charge in [-0.3, -0.25) is 4.79 Å². The summed E-state index contributed by atoms with van der Waals surface area (Å²) in [6.07, 6.45) is 3.06. The second-order valence-corrected chi connectivity index (χ2v) is 5.45. The summed E-state index contributed by atoms with van der Waals surface area (Å²) in [6, 6.07) is 8.13. The minimum Gasteiger partial charge on any atom is -0.369 e. The van der Waals surface area contributed by atoms with Crippen LogP contribution in [0.3, 0.4) is 0 Å². The van der Waals surface area contributed by atoms with Gasteiger partial charge in [-0.25, -0.2) is 0 Å². The van der Waals surface area contributed by atoms with Crippen molar-refractivity contribution in [1.82, 2.24) is 5.32 Å². The minimum atomic E-state index is 0.125. The molecule has 2 heterocycles. The quantitative estimate of drug-likeness (QED) is 0.851. The molecule has 1 aromatic carbocycles. The highest BCUT2D eigenvalue weighted by molar-refractivity contribution is 5.96. The maximum atomic E-state index is 11.7. The number of anilines is 2. The van der Waals surface area contributed by atoms with Gasteiger partial charge in [0.1, 0.15) is 0 Å². The van der Waals surface area contributed by atoms with E-state index in [1.54, 1.807) is 0 Å². The van der Waals surface area contributed by atoms with Crippen LogP contribution in [-0.2, 0) is 4.79 Å². The average Bonchev–Trinajstić information content (AvgIpc) is 2.60. The van der Waals surface area contributed by atoms with Crippen molar-refractivity contribution in [1.29, 1.82) is 0 Å². The van der Waals surface area contributed by atoms with Crippen LogP contribution in [0.25, 0.3) is 0 Å². The van der Waals surface area contributed by atoms with Gasteiger partial charge in [-0.05, 0) is 44.0 Å². The van der Waals surface area contributed by atoms with E-state index in [0.717, 1.165) is 37.8 Å². The van der Waals surface area contributed by atoms with Crippen LogP contribution < -0.4 is 15.5 Å². The third-order valence-corrected chi connectivity index (χ3v) is 4.06. The first kappa shape index (κ1) is 12.5. The first-order valence-corrected chi connectivity index (χ1v) is 7.17. The summed E-state index contributed by atoms with van der Waals surface area (Å²) < 4.78 is 0. The van der Waals surface area contributed by atoms with Gasteiger partial charge in [0.25, 0.3) is 0 Å². The molecular formula is C15H21N3O. The van der Waals surface area contributed by atoms with Gasteiger partial charge >= 0.3 is 0 Å². The van der Waals surface area contributed by atoms with Crippen molar-refractivity contribution < 1.29 is 4.79 Å². The zero-order valence-corrected chi connectivity index (χ0v) is 11.2. The highest BCUT2D eigenvalue weighted by Crippen LogP contribution is 2.29. The molecule has 2 N–H and O–H groups in total. The molecule has 0 spiro atoms. The molecule has 0 atom stereocenters. The lowest BCUT2D eigenvalue weighted by molar-refractivity contribution is -0.115. The molecule has 1 saturated heterocycles. The molecule has 102 valence electrons. The molecule has 0 aromatic heterocycles. The van der Waals surface area contributed by atoms with E-state index in [1.807, 2.05) is 18.2 Å². The molecule has 0 bridgehead atoms. The Morgan fingerprint density at radius 1 is 1.21 bits per heavy atom. The molecular weight excluding hydrogens is 238 g/mol. The SMILES string of the molecule is O=C1CCN(CC2CCNCC2)c2ccccc2N1. The van der Waals surface area contributed by atoms with Crippen molar-refractivity contribution in [3.8, 4) is 0 Å². The van der Waals surface area contributed by atoms with Crippen LogP contribution in [0.4, 0.5) is 11.4 Å². The molecule has 0 aliphatic carbocycles. The molecule has 1 amide bonds. The fourth-order valence-electron chi connectivity index (χ4n) is 2.99. The highest BCUT2D eigenvalue weighted by atomic mass is 16.1. The largest absolute Gasteiger partial charge is 0.369 e. The Labute approximate surface area is 114 Å². The van der Waals surface area contributed by atoms with E-state index < -0.39 is 0 Å². The van der Waals surface area contributed by atoms with Gasteiger partial charge in [0.15, 0.2) is 0 Å². The Hall–Kier alpha value is -1.55. The van der Waals surface area contributed by atoms with Gasteiger partial charge in [-0.1, -0.05) is 12.1 Å². The normalized spacial score (nSPS) is 20.6. The number of rotatable bonds is 2. The van der Waals surface area contributed by atoms with E-state index in [9.17, 15) is 4.79 Å². The third-order valence-electron chi connectivity index (χ3n) is 4.06. The zero-order chi connectivity index (χ0) is 13.1. The highest BCUT2D eigenvalue weighted by Gasteiger charge is 2.22. The van der Waals surface area contributed by atoms with E-state index in [2.05, 4.69) is 21.6 Å². The summed E-state index contributed by atoms with van der Waals surface area (Å²) >= 11 is 0. The van der Waals surface area contributed by atoms with Crippen LogP contribution in [0.1, 0.15) is 19.3 Å². The zero-order valence-electron chi connectivity index (χ0n) is 11.2. The van der Waals surface area contributed by atoms with Crippen molar-refractivity contribution in [2.45, 2.75) is 19.3 Å². The molecule has 0 radical (unpaired) electrons. The fraction of sp³-hybridized carbons (Fsp3) is 0.533. The summed E-state index contributed by atoms with van der Waals surface area (Å²) in [4.78, 5) is 14.1. The lowest BCUT2D eigenvalue weighted by Gasteiger charge is -2.31. The Kier molecular flexibility index (Phi) is 3.69. The van der Waals surface area contributed by atoms with Crippen LogP contribution in [-0.4, -0.2) is 32.1 Å². The molecule has 4 nitrogen and oxygen atoms in total. The van der Waals surface area contributed by atoms with Gasteiger partial charge in [0.2, 0.25) is 5.91 Å². The van der Waals surface area contributed by atoms with Crippen molar-refractivity contribution >= 4 is 17.3 Å². The van der Waals surface area contributed by atoms with Crippen molar-refractivity contribution in [3.63, 3.8) is 0 Å². The molecule has 0 unspecified atom stereocenters. The number of carbonyl (C=O) groups is 1. The van der Waals surface area contributed by atoms with Crippen LogP contribution in [0, 0.1) is 5.92 Å². The van der Waals surface area contributed by atoms with Gasteiger partial charge in [-0.15, -0.1) is 0 Å². The smallest absolute Gasteiger partial charge is 0.226 e. The predicted octanol–water partition coefficient (Wildman–Crippen LogP) is 1.83. The van der Waals surface area contributed by atoms with Crippen LogP contribution in [0.5, 0.6) is 0 Å². The number of hydrogen-bond donors (Lipinski definition) is 2. The Morgan fingerprint density at radius 3 is 2.84 bits per heavy atom. The van der Waals surface area contributed by atoms with Crippen molar-refractivity contribution in [2.75, 3.05) is 36.4 Å². The Morgan fingerprint density at radius 2 is 2.00 bits per heavy atom. The summed E-state index contributed by atoms with van der Waals surface area (Å²) in [6.45, 7) is 4.13. The van der Waals surface area contributed by atoms with E-state index in [1.165, 1.54) is 18.5 Å². The Bertz CT molecular complexity index is 454. The van der Waals surface area contributed by atoms with Gasteiger partial charge in [0, 0.05) is 19.5 Å². The maximum Gasteiger partial charge on any atom is 0.226 e. The summed E-state index contributed by atoms with van der Waals surface area (Å²) in [5, 5.41) is 6.40. The number of nitrogens with one attached hydrogen (secondary N) is 2. The first-order valence-electron chi connectivity index (χ1n) is 7.17. The predicted molar refractivity (Wildman–Crippen MR) is 77.5 cm³/mol. The fourth-order valence-corrected chi connectivity index (χ4v) is 2.99. The monoisotopic (exact) mass is 259 g/mol. The Balaban J connectivity index is 1.78. The lowest BCUT2D eigenvalue weighted by Crippen LogP contribution is -2.36. The van der Waals surface area contributed by atoms with E-state index in [4.69, 9.17) is 0 Å². The van der Waals surface area contributed by atoms with E-state index in [0.29, 0.717) is 6.42 Å². The number of piperidine rings is 1.